The fraction of sp³-hybridized carbons (Fsp3) is 0.526. The number of amides is 2. The smallest absolute Gasteiger partial charge is 0.329 e. The minimum atomic E-state index is -1.18. The Labute approximate surface area is 152 Å². The van der Waals surface area contributed by atoms with E-state index in [2.05, 4.69) is 5.32 Å². The summed E-state index contributed by atoms with van der Waals surface area (Å²) in [5.74, 6) is -1.48. The van der Waals surface area contributed by atoms with Crippen LogP contribution in [-0.4, -0.2) is 41.6 Å². The summed E-state index contributed by atoms with van der Waals surface area (Å²) in [6, 6.07) is 7.22. The van der Waals surface area contributed by atoms with Gasteiger partial charge in [-0.05, 0) is 31.9 Å². The number of nitrogens with zero attached hydrogens (tertiary/aromatic N) is 1. The Morgan fingerprint density at radius 1 is 1.31 bits per heavy atom. The van der Waals surface area contributed by atoms with E-state index in [0.29, 0.717) is 30.9 Å². The molecule has 1 aliphatic heterocycles. The second kappa shape index (κ2) is 7.35. The van der Waals surface area contributed by atoms with Crippen molar-refractivity contribution < 1.29 is 24.2 Å². The van der Waals surface area contributed by atoms with E-state index in [1.54, 1.807) is 17.0 Å². The van der Waals surface area contributed by atoms with E-state index < -0.39 is 17.4 Å². The van der Waals surface area contributed by atoms with E-state index in [-0.39, 0.29) is 24.8 Å². The van der Waals surface area contributed by atoms with Crippen LogP contribution >= 0.6 is 0 Å². The van der Waals surface area contributed by atoms with E-state index in [1.807, 2.05) is 19.1 Å². The van der Waals surface area contributed by atoms with Gasteiger partial charge >= 0.3 is 5.97 Å². The van der Waals surface area contributed by atoms with Crippen molar-refractivity contribution in [2.24, 2.45) is 5.92 Å². The number of carboxylic acid groups (broad SMARTS) is 1. The van der Waals surface area contributed by atoms with Crippen LogP contribution in [0.1, 0.15) is 39.0 Å². The van der Waals surface area contributed by atoms with E-state index in [0.717, 1.165) is 12.8 Å². The summed E-state index contributed by atoms with van der Waals surface area (Å²) in [7, 11) is 0. The number of hydrogen-bond acceptors (Lipinski definition) is 4. The molecule has 7 nitrogen and oxygen atoms in total. The van der Waals surface area contributed by atoms with Gasteiger partial charge in [0.1, 0.15) is 11.3 Å². The molecule has 1 aromatic carbocycles. The summed E-state index contributed by atoms with van der Waals surface area (Å²) in [5.41, 5.74) is -0.542. The molecule has 140 valence electrons. The maximum Gasteiger partial charge on any atom is 0.329 e. The number of ether oxygens (including phenoxy) is 1. The predicted molar refractivity (Wildman–Crippen MR) is 95.0 cm³/mol. The molecule has 2 aliphatic rings. The first-order chi connectivity index (χ1) is 12.5. The van der Waals surface area contributed by atoms with Crippen LogP contribution in [0.2, 0.25) is 0 Å². The Morgan fingerprint density at radius 2 is 2.00 bits per heavy atom. The van der Waals surface area contributed by atoms with Gasteiger partial charge in [0.25, 0.3) is 0 Å². The molecule has 7 heteroatoms. The lowest BCUT2D eigenvalue weighted by Crippen LogP contribution is -2.54. The predicted octanol–water partition coefficient (Wildman–Crippen LogP) is 1.95. The molecule has 1 unspecified atom stereocenters. The zero-order valence-electron chi connectivity index (χ0n) is 14.9. The Morgan fingerprint density at radius 3 is 2.65 bits per heavy atom. The molecule has 2 fully saturated rings. The Kier molecular flexibility index (Phi) is 5.15. The van der Waals surface area contributed by atoms with Crippen molar-refractivity contribution >= 4 is 23.5 Å². The van der Waals surface area contributed by atoms with Gasteiger partial charge in [0.05, 0.1) is 18.2 Å². The third-order valence-electron chi connectivity index (χ3n) is 5.18. The topological polar surface area (TPSA) is 95.9 Å². The number of benzene rings is 1. The van der Waals surface area contributed by atoms with Crippen molar-refractivity contribution in [3.05, 3.63) is 24.3 Å². The molecule has 1 saturated heterocycles. The van der Waals surface area contributed by atoms with Gasteiger partial charge in [-0.1, -0.05) is 25.0 Å². The van der Waals surface area contributed by atoms with Gasteiger partial charge < -0.3 is 20.1 Å². The Balaban J connectivity index is 1.73. The van der Waals surface area contributed by atoms with Crippen molar-refractivity contribution in [3.8, 4) is 5.75 Å². The Hall–Kier alpha value is -2.57. The minimum absolute atomic E-state index is 0.0714. The molecule has 0 bridgehead atoms. The molecule has 26 heavy (non-hydrogen) atoms. The highest BCUT2D eigenvalue weighted by Gasteiger charge is 2.45. The van der Waals surface area contributed by atoms with Crippen LogP contribution in [0.25, 0.3) is 0 Å². The van der Waals surface area contributed by atoms with Crippen molar-refractivity contribution in [2.75, 3.05) is 18.1 Å². The van der Waals surface area contributed by atoms with E-state index in [4.69, 9.17) is 4.74 Å². The molecular weight excluding hydrogens is 336 g/mol. The maximum absolute atomic E-state index is 12.7. The number of anilines is 1. The number of hydrogen-bond donors (Lipinski definition) is 2. The van der Waals surface area contributed by atoms with Crippen molar-refractivity contribution in [1.82, 2.24) is 5.32 Å². The highest BCUT2D eigenvalue weighted by Crippen LogP contribution is 2.34. The first-order valence-corrected chi connectivity index (χ1v) is 9.04. The van der Waals surface area contributed by atoms with Crippen molar-refractivity contribution in [3.63, 3.8) is 0 Å². The van der Waals surface area contributed by atoms with Crippen LogP contribution in [0.4, 0.5) is 5.69 Å². The summed E-state index contributed by atoms with van der Waals surface area (Å²) >= 11 is 0. The lowest BCUT2D eigenvalue weighted by molar-refractivity contribution is -0.148. The molecule has 1 atom stereocenters. The van der Waals surface area contributed by atoms with Gasteiger partial charge in [0.15, 0.2) is 0 Å². The first-order valence-electron chi connectivity index (χ1n) is 9.04. The minimum Gasteiger partial charge on any atom is -0.492 e. The standard InChI is InChI=1S/C19H24N2O5/c1-2-26-15-8-4-3-7-14(15)21-12-13(11-16(21)22)17(23)20-19(18(24)25)9-5-6-10-19/h3-4,7-8,13H,2,5-6,9-12H2,1H3,(H,20,23)(H,24,25). The average molecular weight is 360 g/mol. The van der Waals surface area contributed by atoms with Crippen molar-refractivity contribution in [2.45, 2.75) is 44.6 Å². The van der Waals surface area contributed by atoms with Gasteiger partial charge in [-0.15, -0.1) is 0 Å². The van der Waals surface area contributed by atoms with Gasteiger partial charge in [0, 0.05) is 13.0 Å². The Bertz CT molecular complexity index is 712. The number of carboxylic acids is 1. The third-order valence-corrected chi connectivity index (χ3v) is 5.18. The zero-order valence-corrected chi connectivity index (χ0v) is 14.9. The monoisotopic (exact) mass is 360 g/mol. The quantitative estimate of drug-likeness (QED) is 0.808. The van der Waals surface area contributed by atoms with Crippen LogP contribution < -0.4 is 15.0 Å². The second-order valence-corrected chi connectivity index (χ2v) is 6.89. The van der Waals surface area contributed by atoms with Gasteiger partial charge in [-0.2, -0.15) is 0 Å². The summed E-state index contributed by atoms with van der Waals surface area (Å²) in [6.45, 7) is 2.57. The first kappa shape index (κ1) is 18.2. The van der Waals surface area contributed by atoms with Crippen LogP contribution in [0.3, 0.4) is 0 Å². The number of rotatable bonds is 6. The molecule has 3 rings (SSSR count). The largest absolute Gasteiger partial charge is 0.492 e. The van der Waals surface area contributed by atoms with Crippen LogP contribution in [-0.2, 0) is 14.4 Å². The molecule has 0 radical (unpaired) electrons. The summed E-state index contributed by atoms with van der Waals surface area (Å²) in [5, 5.41) is 12.2. The number of nitrogens with one attached hydrogen (secondary N) is 1. The normalized spacial score (nSPS) is 21.7. The zero-order chi connectivity index (χ0) is 18.7. The molecule has 0 aromatic heterocycles. The van der Waals surface area contributed by atoms with Crippen LogP contribution in [0.15, 0.2) is 24.3 Å². The van der Waals surface area contributed by atoms with Crippen LogP contribution in [0, 0.1) is 5.92 Å². The van der Waals surface area contributed by atoms with Crippen LogP contribution in [0.5, 0.6) is 5.75 Å². The average Bonchev–Trinajstić information content (AvgIpc) is 3.23. The molecule has 1 aliphatic carbocycles. The third kappa shape index (κ3) is 3.38. The second-order valence-electron chi connectivity index (χ2n) is 6.89. The van der Waals surface area contributed by atoms with Gasteiger partial charge in [-0.3, -0.25) is 9.59 Å². The van der Waals surface area contributed by atoms with E-state index in [1.165, 1.54) is 0 Å². The van der Waals surface area contributed by atoms with Gasteiger partial charge in [-0.25, -0.2) is 4.79 Å². The molecule has 2 amide bonds. The number of aliphatic carboxylic acids is 1. The fourth-order valence-electron chi connectivity index (χ4n) is 3.78. The SMILES string of the molecule is CCOc1ccccc1N1CC(C(=O)NC2(C(=O)O)CCCC2)CC1=O. The summed E-state index contributed by atoms with van der Waals surface area (Å²) in [4.78, 5) is 38.3. The molecule has 2 N–H and O–H groups in total. The number of carbonyl (C=O) groups is 3. The molecule has 1 heterocycles. The summed E-state index contributed by atoms with van der Waals surface area (Å²) in [6.07, 6.45) is 2.51. The molecular formula is C19H24N2O5. The summed E-state index contributed by atoms with van der Waals surface area (Å²) < 4.78 is 5.58. The van der Waals surface area contributed by atoms with E-state index in [9.17, 15) is 19.5 Å². The molecule has 1 saturated carbocycles. The molecule has 0 spiro atoms. The molecule has 1 aromatic rings. The van der Waals surface area contributed by atoms with Crippen molar-refractivity contribution in [1.29, 1.82) is 0 Å². The maximum atomic E-state index is 12.7. The van der Waals surface area contributed by atoms with Gasteiger partial charge in [0.2, 0.25) is 11.8 Å². The van der Waals surface area contributed by atoms with E-state index >= 15 is 0 Å². The highest BCUT2D eigenvalue weighted by molar-refractivity contribution is 6.02. The number of carbonyl (C=O) groups excluding carboxylic acids is 2. The number of para-hydroxylation sites is 2. The highest BCUT2D eigenvalue weighted by atomic mass is 16.5. The lowest BCUT2D eigenvalue weighted by atomic mass is 9.96. The fourth-order valence-corrected chi connectivity index (χ4v) is 3.78. The lowest BCUT2D eigenvalue weighted by Gasteiger charge is -2.27.